The van der Waals surface area contributed by atoms with Crippen molar-refractivity contribution in [3.05, 3.63) is 11.3 Å². The van der Waals surface area contributed by atoms with Crippen molar-refractivity contribution in [2.45, 2.75) is 114 Å². The Labute approximate surface area is 245 Å². The molecule has 244 valence electrons. The molecule has 0 aromatic heterocycles. The number of allylic oxidation sites excluding steroid dienone is 1. The number of hydrogen-bond donors (Lipinski definition) is 11. The molecule has 11 N–H and O–H groups in total. The summed E-state index contributed by atoms with van der Waals surface area (Å²) in [6.45, 7) is 3.83. The second kappa shape index (κ2) is 13.6. The van der Waals surface area contributed by atoms with Gasteiger partial charge in [0.05, 0.1) is 29.6 Å². The van der Waals surface area contributed by atoms with Gasteiger partial charge < -0.3 is 65.6 Å². The average molecular weight is 607 g/mol. The van der Waals surface area contributed by atoms with Gasteiger partial charge in [0.25, 0.3) is 0 Å². The van der Waals surface area contributed by atoms with Crippen LogP contribution in [0.4, 0.5) is 0 Å². The lowest BCUT2D eigenvalue weighted by molar-refractivity contribution is -0.263. The summed E-state index contributed by atoms with van der Waals surface area (Å²) in [7, 11) is 0. The lowest BCUT2D eigenvalue weighted by Crippen LogP contribution is -2.70. The molecular weight excluding hydrogens is 556 g/mol. The Kier molecular flexibility index (Phi) is 11.0. The van der Waals surface area contributed by atoms with E-state index in [0.717, 1.165) is 0 Å². The Morgan fingerprint density at radius 3 is 2.14 bits per heavy atom. The average Bonchev–Trinajstić information content (AvgIpc) is 2.91. The summed E-state index contributed by atoms with van der Waals surface area (Å²) in [6, 6.07) is 0. The maximum absolute atomic E-state index is 11.6. The van der Waals surface area contributed by atoms with Crippen LogP contribution in [0.2, 0.25) is 0 Å². The normalized spacial score (nSPS) is 43.3. The fourth-order valence-corrected chi connectivity index (χ4v) is 8.77. The molecule has 0 radical (unpaired) electrons. The van der Waals surface area contributed by atoms with Gasteiger partial charge in [0, 0.05) is 43.3 Å². The van der Waals surface area contributed by atoms with Crippen molar-refractivity contribution in [3.63, 3.8) is 0 Å². The molecule has 15 atom stereocenters. The SMILES string of the molecule is CCOC(O)C(O)CC(CC1CCC(O)C2C(O)C3C(O)[C@]4(O)C(O)C(C(O)O)=C(O)C[C@@H]4C[C@@H]3CC12)C(O)OCC. The first-order valence-corrected chi connectivity index (χ1v) is 15.3. The van der Waals surface area contributed by atoms with E-state index in [9.17, 15) is 56.2 Å². The standard InChI is InChI=1S/C29H50O13/c1-3-41-27(38)14(10-19(32)28(39)42-4-2)7-12-5-6-17(30)21-16(12)9-13-8-15-11-18(31)22(26(36)37)25(35)29(15,40)24(34)20(13)23(21)33/h12-17,19-21,23-28,30-40H,3-11H2,1-2H3/t12?,13-,14?,15+,16?,17?,19?,20?,21?,23?,24?,25?,27?,28?,29+/m1/s1. The second-order valence-corrected chi connectivity index (χ2v) is 12.8. The van der Waals surface area contributed by atoms with E-state index in [1.54, 1.807) is 13.8 Å². The Bertz CT molecular complexity index is 931. The highest BCUT2D eigenvalue weighted by molar-refractivity contribution is 5.29. The summed E-state index contributed by atoms with van der Waals surface area (Å²) in [5.41, 5.74) is -2.83. The molecule has 4 rings (SSSR count). The van der Waals surface area contributed by atoms with E-state index in [1.807, 2.05) is 0 Å². The molecule has 12 unspecified atom stereocenters. The third kappa shape index (κ3) is 6.13. The predicted molar refractivity (Wildman–Crippen MR) is 145 cm³/mol. The van der Waals surface area contributed by atoms with E-state index < -0.39 is 90.0 Å². The van der Waals surface area contributed by atoms with Crippen molar-refractivity contribution in [2.24, 2.45) is 41.4 Å². The number of hydrogen-bond acceptors (Lipinski definition) is 13. The largest absolute Gasteiger partial charge is 0.512 e. The third-order valence-electron chi connectivity index (χ3n) is 10.7. The van der Waals surface area contributed by atoms with Crippen LogP contribution in [0.15, 0.2) is 11.3 Å². The summed E-state index contributed by atoms with van der Waals surface area (Å²) >= 11 is 0. The molecule has 42 heavy (non-hydrogen) atoms. The molecule has 4 aliphatic carbocycles. The maximum atomic E-state index is 11.6. The van der Waals surface area contributed by atoms with Crippen molar-refractivity contribution in [1.82, 2.24) is 0 Å². The highest BCUT2D eigenvalue weighted by Gasteiger charge is 2.65. The lowest BCUT2D eigenvalue weighted by Gasteiger charge is -2.61. The van der Waals surface area contributed by atoms with Crippen LogP contribution < -0.4 is 0 Å². The van der Waals surface area contributed by atoms with Gasteiger partial charge in [-0.25, -0.2) is 0 Å². The van der Waals surface area contributed by atoms with Gasteiger partial charge in [0.15, 0.2) is 18.9 Å². The molecule has 0 spiro atoms. The van der Waals surface area contributed by atoms with Crippen molar-refractivity contribution in [1.29, 1.82) is 0 Å². The van der Waals surface area contributed by atoms with E-state index in [4.69, 9.17) is 9.47 Å². The van der Waals surface area contributed by atoms with Crippen LogP contribution in [-0.4, -0.2) is 124 Å². The van der Waals surface area contributed by atoms with Gasteiger partial charge >= 0.3 is 0 Å². The molecule has 0 saturated heterocycles. The molecule has 13 heteroatoms. The highest BCUT2D eigenvalue weighted by atomic mass is 16.6. The lowest BCUT2D eigenvalue weighted by atomic mass is 9.48. The zero-order valence-corrected chi connectivity index (χ0v) is 24.3. The van der Waals surface area contributed by atoms with Crippen LogP contribution in [0, 0.1) is 41.4 Å². The number of aliphatic hydroxyl groups is 11. The molecule has 3 fully saturated rings. The van der Waals surface area contributed by atoms with Crippen LogP contribution in [-0.2, 0) is 9.47 Å². The molecular formula is C29H50O13. The Balaban J connectivity index is 1.59. The van der Waals surface area contributed by atoms with Crippen LogP contribution in [0.3, 0.4) is 0 Å². The molecule has 0 heterocycles. The van der Waals surface area contributed by atoms with Crippen LogP contribution >= 0.6 is 0 Å². The maximum Gasteiger partial charge on any atom is 0.180 e. The molecule has 3 saturated carbocycles. The summed E-state index contributed by atoms with van der Waals surface area (Å²) < 4.78 is 10.6. The van der Waals surface area contributed by atoms with Crippen molar-refractivity contribution >= 4 is 0 Å². The molecule has 0 bridgehead atoms. The van der Waals surface area contributed by atoms with E-state index >= 15 is 0 Å². The van der Waals surface area contributed by atoms with Gasteiger partial charge in [-0.3, -0.25) is 0 Å². The van der Waals surface area contributed by atoms with Gasteiger partial charge in [0.2, 0.25) is 0 Å². The van der Waals surface area contributed by atoms with E-state index in [1.165, 1.54) is 0 Å². The van der Waals surface area contributed by atoms with Gasteiger partial charge in [0.1, 0.15) is 17.8 Å². The van der Waals surface area contributed by atoms with Gasteiger partial charge in [-0.05, 0) is 70.1 Å². The molecule has 0 aliphatic heterocycles. The smallest absolute Gasteiger partial charge is 0.180 e. The first-order chi connectivity index (χ1) is 19.8. The minimum atomic E-state index is -2.25. The Morgan fingerprint density at radius 1 is 0.881 bits per heavy atom. The quantitative estimate of drug-likeness (QED) is 0.120. The Morgan fingerprint density at radius 2 is 1.52 bits per heavy atom. The first kappa shape index (κ1) is 33.9. The van der Waals surface area contributed by atoms with Crippen LogP contribution in [0.5, 0.6) is 0 Å². The first-order valence-electron chi connectivity index (χ1n) is 15.3. The summed E-state index contributed by atoms with van der Waals surface area (Å²) in [5.74, 6) is -4.21. The van der Waals surface area contributed by atoms with Crippen LogP contribution in [0.25, 0.3) is 0 Å². The van der Waals surface area contributed by atoms with Crippen molar-refractivity contribution in [2.75, 3.05) is 13.2 Å². The summed E-state index contributed by atoms with van der Waals surface area (Å²) in [6.07, 6.45) is -10.3. The van der Waals surface area contributed by atoms with Crippen LogP contribution in [0.1, 0.15) is 58.8 Å². The van der Waals surface area contributed by atoms with Gasteiger partial charge in [-0.1, -0.05) is 0 Å². The number of aliphatic hydroxyl groups excluding tert-OH is 9. The predicted octanol–water partition coefficient (Wildman–Crippen LogP) is -1.55. The number of fused-ring (bicyclic) bond motifs is 3. The summed E-state index contributed by atoms with van der Waals surface area (Å²) in [4.78, 5) is 0. The monoisotopic (exact) mass is 606 g/mol. The minimum Gasteiger partial charge on any atom is -0.512 e. The Hall–Kier alpha value is -0.940. The molecule has 4 aliphatic rings. The second-order valence-electron chi connectivity index (χ2n) is 12.8. The molecule has 13 nitrogen and oxygen atoms in total. The fraction of sp³-hybridized carbons (Fsp3) is 0.931. The molecule has 0 amide bonds. The highest BCUT2D eigenvalue weighted by Crippen LogP contribution is 2.58. The van der Waals surface area contributed by atoms with Gasteiger partial charge in [-0.15, -0.1) is 0 Å². The zero-order valence-electron chi connectivity index (χ0n) is 24.3. The fourth-order valence-electron chi connectivity index (χ4n) is 8.77. The van der Waals surface area contributed by atoms with Crippen molar-refractivity contribution < 1.29 is 65.6 Å². The topological polar surface area (TPSA) is 241 Å². The summed E-state index contributed by atoms with van der Waals surface area (Å²) in [5, 5.41) is 118. The minimum absolute atomic E-state index is 0.0102. The van der Waals surface area contributed by atoms with E-state index in [-0.39, 0.29) is 50.2 Å². The van der Waals surface area contributed by atoms with Crippen molar-refractivity contribution in [3.8, 4) is 0 Å². The zero-order chi connectivity index (χ0) is 31.1. The van der Waals surface area contributed by atoms with E-state index in [0.29, 0.717) is 25.7 Å². The van der Waals surface area contributed by atoms with Gasteiger partial charge in [-0.2, -0.15) is 0 Å². The number of ether oxygens (including phenoxy) is 2. The number of rotatable bonds is 11. The van der Waals surface area contributed by atoms with E-state index in [2.05, 4.69) is 0 Å². The third-order valence-corrected chi connectivity index (χ3v) is 10.7. The molecule has 0 aromatic rings. The molecule has 0 aromatic carbocycles.